The molecule has 1 aliphatic carbocycles. The first kappa shape index (κ1) is 17.7. The normalized spacial score (nSPS) is 14.0. The third-order valence-electron chi connectivity index (χ3n) is 6.10. The molecule has 4 aromatic carbocycles. The number of fused-ring (bicyclic) bond motifs is 3. The second-order valence-electron chi connectivity index (χ2n) is 8.30. The van der Waals surface area contributed by atoms with E-state index in [9.17, 15) is 0 Å². The Bertz CT molecular complexity index is 1190. The Labute approximate surface area is 173 Å². The molecule has 0 saturated heterocycles. The molecule has 0 bridgehead atoms. The molecule has 0 aliphatic heterocycles. The number of hydrogen-bond acceptors (Lipinski definition) is 0. The van der Waals surface area contributed by atoms with Gasteiger partial charge in [-0.25, -0.2) is 0 Å². The maximum absolute atomic E-state index is 2.38. The first-order valence-corrected chi connectivity index (χ1v) is 10.2. The molecule has 0 unspecified atom stereocenters. The van der Waals surface area contributed by atoms with Crippen molar-refractivity contribution in [2.75, 3.05) is 0 Å². The summed E-state index contributed by atoms with van der Waals surface area (Å²) >= 11 is 0. The average molecular weight is 373 g/mol. The molecular weight excluding hydrogens is 348 g/mol. The van der Waals surface area contributed by atoms with Crippen LogP contribution in [0, 0.1) is 0 Å². The molecule has 5 rings (SSSR count). The molecule has 4 aromatic rings. The Hall–Kier alpha value is -3.38. The topological polar surface area (TPSA) is 0 Å². The van der Waals surface area contributed by atoms with E-state index in [4.69, 9.17) is 0 Å². The van der Waals surface area contributed by atoms with Crippen molar-refractivity contribution in [3.05, 3.63) is 119 Å². The summed E-state index contributed by atoms with van der Waals surface area (Å²) in [6.45, 7) is 4.66. The molecule has 0 atom stereocenters. The van der Waals surface area contributed by atoms with Crippen LogP contribution in [0.25, 0.3) is 34.4 Å². The van der Waals surface area contributed by atoms with Crippen molar-refractivity contribution in [3.8, 4) is 22.3 Å². The molecule has 0 aromatic heterocycles. The van der Waals surface area contributed by atoms with E-state index in [0.717, 1.165) is 0 Å². The first-order valence-electron chi connectivity index (χ1n) is 10.2. The highest BCUT2D eigenvalue weighted by atomic mass is 14.4. The molecule has 29 heavy (non-hydrogen) atoms. The molecule has 140 valence electrons. The quantitative estimate of drug-likeness (QED) is 0.321. The minimum Gasteiger partial charge on any atom is -0.0622 e. The predicted octanol–water partition coefficient (Wildman–Crippen LogP) is 7.83. The second kappa shape index (κ2) is 6.90. The second-order valence-corrected chi connectivity index (χ2v) is 8.30. The predicted molar refractivity (Wildman–Crippen MR) is 125 cm³/mol. The Morgan fingerprint density at radius 1 is 0.517 bits per heavy atom. The van der Waals surface area contributed by atoms with E-state index in [1.807, 2.05) is 6.07 Å². The molecular formula is C29H24. The van der Waals surface area contributed by atoms with Gasteiger partial charge in [-0.3, -0.25) is 0 Å². The van der Waals surface area contributed by atoms with Gasteiger partial charge in [-0.05, 0) is 50.6 Å². The van der Waals surface area contributed by atoms with Crippen LogP contribution in [0.5, 0.6) is 0 Å². The molecule has 0 spiro atoms. The lowest BCUT2D eigenvalue weighted by Gasteiger charge is -2.22. The van der Waals surface area contributed by atoms with Gasteiger partial charge in [0.05, 0.1) is 0 Å². The molecule has 0 nitrogen and oxygen atoms in total. The third-order valence-corrected chi connectivity index (χ3v) is 6.10. The maximum Gasteiger partial charge on any atom is 0.0159 e. The highest BCUT2D eigenvalue weighted by Gasteiger charge is 2.35. The van der Waals surface area contributed by atoms with E-state index in [1.54, 1.807) is 0 Å². The molecule has 0 saturated carbocycles. The summed E-state index contributed by atoms with van der Waals surface area (Å²) in [5.74, 6) is 0. The maximum atomic E-state index is 2.38. The minimum atomic E-state index is 0.0420. The van der Waals surface area contributed by atoms with Crippen molar-refractivity contribution >= 4 is 12.2 Å². The van der Waals surface area contributed by atoms with Crippen molar-refractivity contribution in [2.24, 2.45) is 0 Å². The summed E-state index contributed by atoms with van der Waals surface area (Å²) < 4.78 is 0. The lowest BCUT2D eigenvalue weighted by molar-refractivity contribution is 0.660. The number of hydrogen-bond donors (Lipinski definition) is 0. The highest BCUT2D eigenvalue weighted by molar-refractivity contribution is 5.83. The van der Waals surface area contributed by atoms with Crippen LogP contribution in [0.15, 0.2) is 97.1 Å². The van der Waals surface area contributed by atoms with Gasteiger partial charge in [0, 0.05) is 5.41 Å². The fourth-order valence-corrected chi connectivity index (χ4v) is 4.43. The van der Waals surface area contributed by atoms with Gasteiger partial charge in [0.15, 0.2) is 0 Å². The van der Waals surface area contributed by atoms with E-state index in [2.05, 4.69) is 117 Å². The van der Waals surface area contributed by atoms with Crippen LogP contribution >= 0.6 is 0 Å². The zero-order valence-electron chi connectivity index (χ0n) is 16.9. The van der Waals surface area contributed by atoms with Crippen LogP contribution < -0.4 is 0 Å². The summed E-state index contributed by atoms with van der Waals surface area (Å²) in [6, 6.07) is 35.0. The van der Waals surface area contributed by atoms with E-state index in [-0.39, 0.29) is 5.41 Å². The largest absolute Gasteiger partial charge is 0.0622 e. The fraction of sp³-hybridized carbons (Fsp3) is 0.103. The third kappa shape index (κ3) is 3.11. The van der Waals surface area contributed by atoms with Gasteiger partial charge in [0.25, 0.3) is 0 Å². The Morgan fingerprint density at radius 3 is 1.86 bits per heavy atom. The van der Waals surface area contributed by atoms with Gasteiger partial charge < -0.3 is 0 Å². The van der Waals surface area contributed by atoms with Gasteiger partial charge in [0.1, 0.15) is 0 Å². The molecule has 0 fully saturated rings. The summed E-state index contributed by atoms with van der Waals surface area (Å²) in [6.07, 6.45) is 4.33. The van der Waals surface area contributed by atoms with Crippen molar-refractivity contribution in [2.45, 2.75) is 19.3 Å². The average Bonchev–Trinajstić information content (AvgIpc) is 3.00. The number of benzene rings is 4. The monoisotopic (exact) mass is 372 g/mol. The van der Waals surface area contributed by atoms with Gasteiger partial charge >= 0.3 is 0 Å². The summed E-state index contributed by atoms with van der Waals surface area (Å²) in [5, 5.41) is 0. The summed E-state index contributed by atoms with van der Waals surface area (Å²) in [5.41, 5.74) is 10.6. The summed E-state index contributed by atoms with van der Waals surface area (Å²) in [7, 11) is 0. The van der Waals surface area contributed by atoms with Gasteiger partial charge in [-0.1, -0.05) is 117 Å². The van der Waals surface area contributed by atoms with Crippen LogP contribution in [-0.2, 0) is 5.41 Å². The summed E-state index contributed by atoms with van der Waals surface area (Å²) in [4.78, 5) is 0. The lowest BCUT2D eigenvalue weighted by Crippen LogP contribution is -2.14. The van der Waals surface area contributed by atoms with Crippen LogP contribution in [0.4, 0.5) is 0 Å². The molecule has 1 aliphatic rings. The first-order chi connectivity index (χ1) is 14.1. The highest BCUT2D eigenvalue weighted by Crippen LogP contribution is 2.49. The molecule has 0 heteroatoms. The fourth-order valence-electron chi connectivity index (χ4n) is 4.43. The number of rotatable bonds is 3. The lowest BCUT2D eigenvalue weighted by atomic mass is 9.81. The molecule has 0 radical (unpaired) electrons. The Morgan fingerprint density at radius 2 is 1.10 bits per heavy atom. The van der Waals surface area contributed by atoms with E-state index in [1.165, 1.54) is 44.5 Å². The van der Waals surface area contributed by atoms with Crippen LogP contribution in [0.3, 0.4) is 0 Å². The van der Waals surface area contributed by atoms with E-state index >= 15 is 0 Å². The van der Waals surface area contributed by atoms with Crippen molar-refractivity contribution in [1.29, 1.82) is 0 Å². The molecule has 0 N–H and O–H groups in total. The minimum absolute atomic E-state index is 0.0420. The van der Waals surface area contributed by atoms with Crippen molar-refractivity contribution < 1.29 is 0 Å². The zero-order valence-corrected chi connectivity index (χ0v) is 16.9. The Balaban J connectivity index is 1.46. The van der Waals surface area contributed by atoms with Gasteiger partial charge in [-0.15, -0.1) is 0 Å². The zero-order chi connectivity index (χ0) is 19.8. The van der Waals surface area contributed by atoms with Crippen LogP contribution in [0.1, 0.15) is 36.1 Å². The van der Waals surface area contributed by atoms with Gasteiger partial charge in [0.2, 0.25) is 0 Å². The molecule has 0 amide bonds. The van der Waals surface area contributed by atoms with Crippen LogP contribution in [0.2, 0.25) is 0 Å². The standard InChI is InChI=1S/C29H24/c1-29(2)27-11-7-6-10-25(27)26-19-18-24(20-28(26)29)23-16-14-22(15-17-23)13-12-21-8-4-3-5-9-21/h3-20H,1-2H3/b13-12+. The van der Waals surface area contributed by atoms with Crippen molar-refractivity contribution in [3.63, 3.8) is 0 Å². The smallest absolute Gasteiger partial charge is 0.0159 e. The molecule has 0 heterocycles. The van der Waals surface area contributed by atoms with E-state index in [0.29, 0.717) is 0 Å². The van der Waals surface area contributed by atoms with Gasteiger partial charge in [-0.2, -0.15) is 0 Å². The van der Waals surface area contributed by atoms with Crippen LogP contribution in [-0.4, -0.2) is 0 Å². The van der Waals surface area contributed by atoms with Crippen molar-refractivity contribution in [1.82, 2.24) is 0 Å². The SMILES string of the molecule is CC1(C)c2ccccc2-c2ccc(-c3ccc(/C=C/c4ccccc4)cc3)cc21. The Kier molecular flexibility index (Phi) is 4.21. The van der Waals surface area contributed by atoms with E-state index < -0.39 is 0 Å².